The summed E-state index contributed by atoms with van der Waals surface area (Å²) in [6.07, 6.45) is 5.33. The van der Waals surface area contributed by atoms with E-state index < -0.39 is 0 Å². The van der Waals surface area contributed by atoms with Gasteiger partial charge in [0, 0.05) is 14.2 Å². The van der Waals surface area contributed by atoms with Crippen molar-refractivity contribution in [1.29, 1.82) is 0 Å². The summed E-state index contributed by atoms with van der Waals surface area (Å²) in [4.78, 5) is 2.00. The van der Waals surface area contributed by atoms with Gasteiger partial charge in [-0.1, -0.05) is 20.3 Å². The first-order chi connectivity index (χ1) is 5.97. The molecule has 0 aromatic heterocycles. The molecule has 0 saturated heterocycles. The van der Waals surface area contributed by atoms with E-state index in [1.807, 2.05) is 38.6 Å². The molecule has 3 heteroatoms. The summed E-state index contributed by atoms with van der Waals surface area (Å²) >= 11 is 1.75. The molecule has 0 atom stereocenters. The van der Waals surface area contributed by atoms with Crippen LogP contribution in [0.1, 0.15) is 20.3 Å². The van der Waals surface area contributed by atoms with Crippen LogP contribution in [-0.2, 0) is 4.74 Å². The molecule has 0 N–H and O–H groups in total. The number of nitrogens with zero attached hydrogens (tertiary/aromatic N) is 1. The fraction of sp³-hybridized carbons (Fsp3) is 1.00. The van der Waals surface area contributed by atoms with Crippen LogP contribution in [0.4, 0.5) is 0 Å². The first kappa shape index (κ1) is 23.2. The van der Waals surface area contributed by atoms with Crippen LogP contribution >= 0.6 is 11.8 Å². The molecule has 0 aliphatic carbocycles. The molecule has 2 nitrogen and oxygen atoms in total. The zero-order chi connectivity index (χ0) is 11.7. The largest absolute Gasteiger partial charge is 0.388 e. The molecule has 0 radical (unpaired) electrons. The van der Waals surface area contributed by atoms with Crippen LogP contribution in [-0.4, -0.2) is 52.8 Å². The Bertz CT molecular complexity index is 36.4. The van der Waals surface area contributed by atoms with Crippen LogP contribution in [0.15, 0.2) is 0 Å². The highest BCUT2D eigenvalue weighted by molar-refractivity contribution is 7.97. The van der Waals surface area contributed by atoms with Gasteiger partial charge in [-0.05, 0) is 33.7 Å². The summed E-state index contributed by atoms with van der Waals surface area (Å²) in [5, 5.41) is 0. The zero-order valence-corrected chi connectivity index (χ0v) is 11.8. The lowest BCUT2D eigenvalue weighted by molar-refractivity contribution is 0.277. The number of rotatable bonds is 0. The highest BCUT2D eigenvalue weighted by atomic mass is 32.2. The van der Waals surface area contributed by atoms with Gasteiger partial charge in [0.2, 0.25) is 0 Å². The van der Waals surface area contributed by atoms with E-state index in [9.17, 15) is 0 Å². The molecule has 0 spiro atoms. The summed E-state index contributed by atoms with van der Waals surface area (Å²) in [6.45, 7) is 4.25. The van der Waals surface area contributed by atoms with Crippen molar-refractivity contribution in [2.75, 3.05) is 47.9 Å². The van der Waals surface area contributed by atoms with Crippen LogP contribution in [0.2, 0.25) is 0 Å². The van der Waals surface area contributed by atoms with Gasteiger partial charge in [-0.2, -0.15) is 11.8 Å². The molecular formula is C10H29NOS. The van der Waals surface area contributed by atoms with Gasteiger partial charge in [-0.25, -0.2) is 0 Å². The fourth-order valence-corrected chi connectivity index (χ4v) is 0. The normalized spacial score (nSPS) is 6.92. The van der Waals surface area contributed by atoms with Crippen molar-refractivity contribution < 1.29 is 4.74 Å². The Balaban J connectivity index is -0.0000000420. The van der Waals surface area contributed by atoms with E-state index in [4.69, 9.17) is 0 Å². The molecule has 0 aliphatic rings. The molecule has 0 unspecified atom stereocenters. The third kappa shape index (κ3) is 17800. The summed E-state index contributed by atoms with van der Waals surface area (Å²) < 4.78 is 4.25. The van der Waals surface area contributed by atoms with Crippen molar-refractivity contribution in [2.24, 2.45) is 0 Å². The van der Waals surface area contributed by atoms with E-state index >= 15 is 0 Å². The van der Waals surface area contributed by atoms with E-state index in [2.05, 4.69) is 18.6 Å². The van der Waals surface area contributed by atoms with Crippen LogP contribution in [0, 0.1) is 0 Å². The summed E-state index contributed by atoms with van der Waals surface area (Å²) in [5.74, 6) is 0. The molecular weight excluding hydrogens is 182 g/mol. The predicted molar refractivity (Wildman–Crippen MR) is 67.9 cm³/mol. The molecule has 0 rings (SSSR count). The second-order valence-electron chi connectivity index (χ2n) is 2.87. The van der Waals surface area contributed by atoms with Gasteiger partial charge >= 0.3 is 0 Å². The van der Waals surface area contributed by atoms with Gasteiger partial charge < -0.3 is 9.64 Å². The SMILES string of the molecule is CCC.CN(C)C.COC.CSC. The van der Waals surface area contributed by atoms with Crippen LogP contribution in [0.3, 0.4) is 0 Å². The van der Waals surface area contributed by atoms with Crippen molar-refractivity contribution in [2.45, 2.75) is 20.3 Å². The lowest BCUT2D eigenvalue weighted by Gasteiger charge is -1.90. The Kier molecular flexibility index (Phi) is 70.9. The van der Waals surface area contributed by atoms with Crippen LogP contribution in [0.5, 0.6) is 0 Å². The molecule has 0 aromatic rings. The van der Waals surface area contributed by atoms with E-state index in [1.54, 1.807) is 26.0 Å². The molecule has 0 aromatic carbocycles. The lowest BCUT2D eigenvalue weighted by Crippen LogP contribution is -1.99. The minimum atomic E-state index is 1.25. The average Bonchev–Trinajstić information content (AvgIpc) is 1.88. The number of thioether (sulfide) groups is 1. The Labute approximate surface area is 90.0 Å². The number of methoxy groups -OCH3 is 1. The highest BCUT2D eigenvalue weighted by Crippen LogP contribution is 1.70. The zero-order valence-electron chi connectivity index (χ0n) is 11.0. The quantitative estimate of drug-likeness (QED) is 0.611. The predicted octanol–water partition coefficient (Wildman–Crippen LogP) is 2.84. The highest BCUT2D eigenvalue weighted by Gasteiger charge is 1.58. The monoisotopic (exact) mass is 211 g/mol. The molecule has 0 bridgehead atoms. The van der Waals surface area contributed by atoms with Gasteiger partial charge in [0.1, 0.15) is 0 Å². The second-order valence-corrected chi connectivity index (χ2v) is 3.68. The maximum atomic E-state index is 4.25. The fourth-order valence-electron chi connectivity index (χ4n) is 0. The maximum absolute atomic E-state index is 4.25. The Morgan fingerprint density at radius 1 is 1.00 bits per heavy atom. The minimum absolute atomic E-state index is 1.25. The molecule has 0 fully saturated rings. The lowest BCUT2D eigenvalue weighted by atomic mass is 10.6. The number of hydrogen-bond donors (Lipinski definition) is 0. The molecule has 0 amide bonds. The second kappa shape index (κ2) is 39.6. The molecule has 0 heterocycles. The summed E-state index contributed by atoms with van der Waals surface area (Å²) in [6, 6.07) is 0. The molecule has 0 saturated carbocycles. The van der Waals surface area contributed by atoms with Crippen molar-refractivity contribution in [3.8, 4) is 0 Å². The van der Waals surface area contributed by atoms with Gasteiger partial charge in [-0.15, -0.1) is 0 Å². The van der Waals surface area contributed by atoms with E-state index in [0.717, 1.165) is 0 Å². The average molecular weight is 211 g/mol. The standard InChI is InChI=1S/C3H9N.C3H8.C2H6O.C2H6S/c1-4(2)3;3*1-3-2/h1-3H3;3H2,1-2H3;2*1-2H3. The van der Waals surface area contributed by atoms with Crippen LogP contribution in [0.25, 0.3) is 0 Å². The Morgan fingerprint density at radius 2 is 1.00 bits per heavy atom. The van der Waals surface area contributed by atoms with Crippen molar-refractivity contribution in [3.63, 3.8) is 0 Å². The maximum Gasteiger partial charge on any atom is 0.0351 e. The van der Waals surface area contributed by atoms with Crippen molar-refractivity contribution >= 4 is 11.8 Å². The third-order valence-electron chi connectivity index (χ3n) is 0. The molecule has 0 aliphatic heterocycles. The van der Waals surface area contributed by atoms with Gasteiger partial charge in [-0.3, -0.25) is 0 Å². The molecule has 13 heavy (non-hydrogen) atoms. The minimum Gasteiger partial charge on any atom is -0.388 e. The summed E-state index contributed by atoms with van der Waals surface area (Å²) in [7, 11) is 9.25. The Morgan fingerprint density at radius 3 is 1.00 bits per heavy atom. The van der Waals surface area contributed by atoms with E-state index in [-0.39, 0.29) is 0 Å². The third-order valence-corrected chi connectivity index (χ3v) is 0. The topological polar surface area (TPSA) is 12.5 Å². The van der Waals surface area contributed by atoms with Crippen LogP contribution < -0.4 is 0 Å². The van der Waals surface area contributed by atoms with Crippen molar-refractivity contribution in [3.05, 3.63) is 0 Å². The Hall–Kier alpha value is 0.270. The summed E-state index contributed by atoms with van der Waals surface area (Å²) in [5.41, 5.74) is 0. The number of ether oxygens (including phenoxy) is 1. The van der Waals surface area contributed by atoms with Gasteiger partial charge in [0.15, 0.2) is 0 Å². The first-order valence-electron chi connectivity index (χ1n) is 4.39. The smallest absolute Gasteiger partial charge is 0.0351 e. The van der Waals surface area contributed by atoms with Crippen molar-refractivity contribution in [1.82, 2.24) is 4.90 Å². The first-order valence-corrected chi connectivity index (χ1v) is 6.02. The van der Waals surface area contributed by atoms with E-state index in [1.165, 1.54) is 6.42 Å². The molecule has 86 valence electrons. The van der Waals surface area contributed by atoms with Gasteiger partial charge in [0.25, 0.3) is 0 Å². The van der Waals surface area contributed by atoms with E-state index in [0.29, 0.717) is 0 Å². The number of hydrogen-bond acceptors (Lipinski definition) is 3. The van der Waals surface area contributed by atoms with Gasteiger partial charge in [0.05, 0.1) is 0 Å².